The maximum atomic E-state index is 10.7. The van der Waals surface area contributed by atoms with Crippen LogP contribution < -0.4 is 5.32 Å². The van der Waals surface area contributed by atoms with Gasteiger partial charge in [-0.1, -0.05) is 18.2 Å². The third-order valence-electron chi connectivity index (χ3n) is 2.00. The van der Waals surface area contributed by atoms with E-state index in [-0.39, 0.29) is 12.1 Å². The number of nitrogens with one attached hydrogen (secondary N) is 1. The second kappa shape index (κ2) is 3.96. The molecule has 1 aliphatic heterocycles. The second-order valence-electron chi connectivity index (χ2n) is 3.08. The molecule has 1 aromatic carbocycles. The minimum atomic E-state index is -0.259. The zero-order chi connectivity index (χ0) is 9.80. The molecule has 0 radical (unpaired) electrons. The summed E-state index contributed by atoms with van der Waals surface area (Å²) in [5.74, 6) is -0.259. The molecule has 0 saturated heterocycles. The SMILES string of the molecule is O=C1C=CC(CNc2ccccc2)O1. The zero-order valence-electron chi connectivity index (χ0n) is 7.64. The van der Waals surface area contributed by atoms with Crippen LogP contribution in [0.15, 0.2) is 42.5 Å². The first-order valence-electron chi connectivity index (χ1n) is 4.52. The molecule has 1 atom stereocenters. The number of rotatable bonds is 3. The van der Waals surface area contributed by atoms with E-state index in [1.807, 2.05) is 30.3 Å². The fraction of sp³-hybridized carbons (Fsp3) is 0.182. The number of benzene rings is 1. The van der Waals surface area contributed by atoms with Gasteiger partial charge in [-0.25, -0.2) is 4.79 Å². The van der Waals surface area contributed by atoms with Gasteiger partial charge in [-0.3, -0.25) is 0 Å². The van der Waals surface area contributed by atoms with E-state index in [1.54, 1.807) is 6.08 Å². The van der Waals surface area contributed by atoms with Crippen molar-refractivity contribution in [1.29, 1.82) is 0 Å². The molecule has 0 spiro atoms. The summed E-state index contributed by atoms with van der Waals surface area (Å²) in [6.07, 6.45) is 3.08. The lowest BCUT2D eigenvalue weighted by molar-refractivity contribution is -0.138. The Kier molecular flexibility index (Phi) is 2.49. The van der Waals surface area contributed by atoms with Gasteiger partial charge in [0.15, 0.2) is 0 Å². The summed E-state index contributed by atoms with van der Waals surface area (Å²) in [4.78, 5) is 10.7. The van der Waals surface area contributed by atoms with E-state index in [9.17, 15) is 4.79 Å². The van der Waals surface area contributed by atoms with Gasteiger partial charge in [-0.2, -0.15) is 0 Å². The molecule has 0 aromatic heterocycles. The second-order valence-corrected chi connectivity index (χ2v) is 3.08. The summed E-state index contributed by atoms with van der Waals surface area (Å²) >= 11 is 0. The van der Waals surface area contributed by atoms with Crippen molar-refractivity contribution in [3.8, 4) is 0 Å². The molecular formula is C11H11NO2. The highest BCUT2D eigenvalue weighted by atomic mass is 16.5. The lowest BCUT2D eigenvalue weighted by atomic mass is 10.3. The fourth-order valence-electron chi connectivity index (χ4n) is 1.30. The Hall–Kier alpha value is -1.77. The van der Waals surface area contributed by atoms with Crippen molar-refractivity contribution in [2.45, 2.75) is 6.10 Å². The van der Waals surface area contributed by atoms with Crippen molar-refractivity contribution >= 4 is 11.7 Å². The average Bonchev–Trinajstić information content (AvgIpc) is 2.63. The van der Waals surface area contributed by atoms with E-state index in [0.717, 1.165) is 5.69 Å². The Balaban J connectivity index is 1.84. The molecule has 1 aliphatic rings. The van der Waals surface area contributed by atoms with Gasteiger partial charge in [0.1, 0.15) is 6.10 Å². The average molecular weight is 189 g/mol. The third kappa shape index (κ3) is 2.13. The highest BCUT2D eigenvalue weighted by Gasteiger charge is 2.15. The number of anilines is 1. The number of ether oxygens (including phenoxy) is 1. The predicted molar refractivity (Wildman–Crippen MR) is 54.0 cm³/mol. The number of carbonyl (C=O) groups is 1. The lowest BCUT2D eigenvalue weighted by Gasteiger charge is -2.10. The van der Waals surface area contributed by atoms with E-state index < -0.39 is 0 Å². The molecule has 1 aromatic rings. The van der Waals surface area contributed by atoms with Crippen molar-refractivity contribution in [2.75, 3.05) is 11.9 Å². The molecule has 1 unspecified atom stereocenters. The van der Waals surface area contributed by atoms with Gasteiger partial charge in [0.2, 0.25) is 0 Å². The molecular weight excluding hydrogens is 178 g/mol. The maximum Gasteiger partial charge on any atom is 0.331 e. The summed E-state index contributed by atoms with van der Waals surface area (Å²) in [7, 11) is 0. The Morgan fingerprint density at radius 1 is 1.29 bits per heavy atom. The molecule has 3 nitrogen and oxygen atoms in total. The Morgan fingerprint density at radius 3 is 2.71 bits per heavy atom. The monoisotopic (exact) mass is 189 g/mol. The van der Waals surface area contributed by atoms with E-state index >= 15 is 0 Å². The molecule has 3 heteroatoms. The number of hydrogen-bond acceptors (Lipinski definition) is 3. The quantitative estimate of drug-likeness (QED) is 0.733. The van der Waals surface area contributed by atoms with Crippen LogP contribution in [0.3, 0.4) is 0 Å². The minimum Gasteiger partial charge on any atom is -0.453 e. The van der Waals surface area contributed by atoms with Crippen molar-refractivity contribution in [3.63, 3.8) is 0 Å². The van der Waals surface area contributed by atoms with Crippen molar-refractivity contribution in [3.05, 3.63) is 42.5 Å². The first kappa shape index (κ1) is 8.81. The molecule has 0 fully saturated rings. The number of esters is 1. The summed E-state index contributed by atoms with van der Waals surface area (Å²) in [6, 6.07) is 9.82. The van der Waals surface area contributed by atoms with Gasteiger partial charge in [0, 0.05) is 11.8 Å². The van der Waals surface area contributed by atoms with E-state index in [2.05, 4.69) is 5.32 Å². The Morgan fingerprint density at radius 2 is 2.07 bits per heavy atom. The fourth-order valence-corrected chi connectivity index (χ4v) is 1.30. The first-order chi connectivity index (χ1) is 6.84. The highest BCUT2D eigenvalue weighted by molar-refractivity contribution is 5.84. The molecule has 1 heterocycles. The van der Waals surface area contributed by atoms with E-state index in [0.29, 0.717) is 6.54 Å². The normalized spacial score (nSPS) is 19.4. The van der Waals surface area contributed by atoms with Gasteiger partial charge < -0.3 is 10.1 Å². The minimum absolute atomic E-state index is 0.136. The van der Waals surface area contributed by atoms with Crippen LogP contribution in [0.25, 0.3) is 0 Å². The smallest absolute Gasteiger partial charge is 0.331 e. The summed E-state index contributed by atoms with van der Waals surface area (Å²) in [5, 5.41) is 3.18. The Bertz CT molecular complexity index is 346. The van der Waals surface area contributed by atoms with Crippen LogP contribution in [-0.2, 0) is 9.53 Å². The molecule has 1 N–H and O–H groups in total. The van der Waals surface area contributed by atoms with Crippen LogP contribution >= 0.6 is 0 Å². The van der Waals surface area contributed by atoms with Crippen molar-refractivity contribution in [1.82, 2.24) is 0 Å². The van der Waals surface area contributed by atoms with Crippen molar-refractivity contribution < 1.29 is 9.53 Å². The molecule has 0 saturated carbocycles. The van der Waals surface area contributed by atoms with Crippen LogP contribution in [0.4, 0.5) is 5.69 Å². The number of carbonyl (C=O) groups excluding carboxylic acids is 1. The van der Waals surface area contributed by atoms with Gasteiger partial charge in [0.25, 0.3) is 0 Å². The van der Waals surface area contributed by atoms with Crippen LogP contribution in [0.2, 0.25) is 0 Å². The molecule has 72 valence electrons. The molecule has 0 amide bonds. The first-order valence-corrected chi connectivity index (χ1v) is 4.52. The third-order valence-corrected chi connectivity index (χ3v) is 2.00. The molecule has 0 bridgehead atoms. The maximum absolute atomic E-state index is 10.7. The standard InChI is InChI=1S/C11H11NO2/c13-11-7-6-10(14-11)8-12-9-4-2-1-3-5-9/h1-7,10,12H,8H2. The largest absolute Gasteiger partial charge is 0.453 e. The topological polar surface area (TPSA) is 38.3 Å². The van der Waals surface area contributed by atoms with Crippen LogP contribution in [0, 0.1) is 0 Å². The van der Waals surface area contributed by atoms with E-state index in [4.69, 9.17) is 4.74 Å². The number of para-hydroxylation sites is 1. The highest BCUT2D eigenvalue weighted by Crippen LogP contribution is 2.08. The summed E-state index contributed by atoms with van der Waals surface area (Å²) < 4.78 is 4.97. The molecule has 14 heavy (non-hydrogen) atoms. The van der Waals surface area contributed by atoms with Gasteiger partial charge >= 0.3 is 5.97 Å². The Labute approximate surface area is 82.4 Å². The van der Waals surface area contributed by atoms with E-state index in [1.165, 1.54) is 6.08 Å². The lowest BCUT2D eigenvalue weighted by Crippen LogP contribution is -2.19. The van der Waals surface area contributed by atoms with Gasteiger partial charge in [-0.05, 0) is 18.2 Å². The predicted octanol–water partition coefficient (Wildman–Crippen LogP) is 1.58. The van der Waals surface area contributed by atoms with Crippen molar-refractivity contribution in [2.24, 2.45) is 0 Å². The number of cyclic esters (lactones) is 1. The zero-order valence-corrected chi connectivity index (χ0v) is 7.64. The van der Waals surface area contributed by atoms with Crippen LogP contribution in [-0.4, -0.2) is 18.6 Å². The summed E-state index contributed by atoms with van der Waals surface area (Å²) in [6.45, 7) is 0.617. The van der Waals surface area contributed by atoms with Gasteiger partial charge in [-0.15, -0.1) is 0 Å². The van der Waals surface area contributed by atoms with Gasteiger partial charge in [0.05, 0.1) is 6.54 Å². The van der Waals surface area contributed by atoms with Crippen LogP contribution in [0.1, 0.15) is 0 Å². The van der Waals surface area contributed by atoms with Crippen LogP contribution in [0.5, 0.6) is 0 Å². The molecule has 0 aliphatic carbocycles. The number of hydrogen-bond donors (Lipinski definition) is 1. The summed E-state index contributed by atoms with van der Waals surface area (Å²) in [5.41, 5.74) is 1.03. The molecule has 2 rings (SSSR count).